The van der Waals surface area contributed by atoms with Crippen molar-refractivity contribution in [1.82, 2.24) is 0 Å². The van der Waals surface area contributed by atoms with E-state index in [0.717, 1.165) is 10.8 Å². The van der Waals surface area contributed by atoms with Crippen LogP contribution in [0.4, 0.5) is 5.69 Å². The number of hydrogen-bond donors (Lipinski definition) is 0. The maximum absolute atomic E-state index is 10.8. The fourth-order valence-corrected chi connectivity index (χ4v) is 1.52. The number of hydrogen-bond acceptors (Lipinski definition) is 2. The van der Waals surface area contributed by atoms with Crippen molar-refractivity contribution >= 4 is 22.7 Å². The number of carbonyl (C=O) groups excluding carboxylic acids is 1. The molecule has 0 radical (unpaired) electrons. The molecule has 0 saturated heterocycles. The third-order valence-electron chi connectivity index (χ3n) is 2.20. The average Bonchev–Trinajstić information content (AvgIpc) is 2.30. The number of nitrogens with zero attached hydrogens (tertiary/aromatic N) is 3. The third-order valence-corrected chi connectivity index (χ3v) is 2.20. The first kappa shape index (κ1) is 9.24. The van der Waals surface area contributed by atoms with E-state index in [1.807, 2.05) is 30.3 Å². The van der Waals surface area contributed by atoms with E-state index in [0.29, 0.717) is 17.5 Å². The van der Waals surface area contributed by atoms with Crippen molar-refractivity contribution in [1.29, 1.82) is 0 Å². The molecule has 0 heterocycles. The van der Waals surface area contributed by atoms with Gasteiger partial charge in [-0.05, 0) is 16.3 Å². The summed E-state index contributed by atoms with van der Waals surface area (Å²) in [5, 5.41) is 5.30. The first-order valence-electron chi connectivity index (χ1n) is 4.39. The lowest BCUT2D eigenvalue weighted by atomic mass is 10.1. The van der Waals surface area contributed by atoms with Gasteiger partial charge in [-0.1, -0.05) is 41.5 Å². The van der Waals surface area contributed by atoms with Gasteiger partial charge >= 0.3 is 0 Å². The summed E-state index contributed by atoms with van der Waals surface area (Å²) in [6.07, 6.45) is 0.691. The van der Waals surface area contributed by atoms with Crippen LogP contribution in [0.1, 0.15) is 10.4 Å². The molecule has 0 atom stereocenters. The molecule has 2 aromatic carbocycles. The predicted octanol–water partition coefficient (Wildman–Crippen LogP) is 3.59. The first-order chi connectivity index (χ1) is 7.36. The topological polar surface area (TPSA) is 65.8 Å². The molecular weight excluding hydrogens is 190 g/mol. The van der Waals surface area contributed by atoms with Gasteiger partial charge in [0.2, 0.25) is 0 Å². The second-order valence-corrected chi connectivity index (χ2v) is 3.03. The number of benzene rings is 2. The van der Waals surface area contributed by atoms with E-state index in [2.05, 4.69) is 10.0 Å². The molecule has 15 heavy (non-hydrogen) atoms. The summed E-state index contributed by atoms with van der Waals surface area (Å²) < 4.78 is 0. The normalized spacial score (nSPS) is 9.60. The zero-order valence-corrected chi connectivity index (χ0v) is 7.79. The Morgan fingerprint density at radius 3 is 2.73 bits per heavy atom. The Morgan fingerprint density at radius 2 is 2.00 bits per heavy atom. The molecule has 0 aliphatic carbocycles. The van der Waals surface area contributed by atoms with Gasteiger partial charge in [0.05, 0.1) is 5.69 Å². The highest BCUT2D eigenvalue weighted by Gasteiger charge is 2.04. The van der Waals surface area contributed by atoms with Gasteiger partial charge in [0, 0.05) is 10.5 Å². The summed E-state index contributed by atoms with van der Waals surface area (Å²) in [6, 6.07) is 10.9. The van der Waals surface area contributed by atoms with Crippen molar-refractivity contribution in [2.24, 2.45) is 5.11 Å². The highest BCUT2D eigenvalue weighted by Crippen LogP contribution is 2.29. The van der Waals surface area contributed by atoms with Gasteiger partial charge in [0.15, 0.2) is 6.29 Å². The van der Waals surface area contributed by atoms with E-state index >= 15 is 0 Å². The highest BCUT2D eigenvalue weighted by atomic mass is 16.1. The van der Waals surface area contributed by atoms with Crippen molar-refractivity contribution in [3.8, 4) is 0 Å². The second-order valence-electron chi connectivity index (χ2n) is 3.03. The lowest BCUT2D eigenvalue weighted by Gasteiger charge is -2.03. The molecule has 2 rings (SSSR count). The van der Waals surface area contributed by atoms with Crippen LogP contribution in [-0.4, -0.2) is 6.29 Å². The summed E-state index contributed by atoms with van der Waals surface area (Å²) in [5.74, 6) is 0. The van der Waals surface area contributed by atoms with Gasteiger partial charge in [-0.15, -0.1) is 0 Å². The molecule has 0 amide bonds. The summed E-state index contributed by atoms with van der Waals surface area (Å²) in [7, 11) is 0. The van der Waals surface area contributed by atoms with Crippen LogP contribution in [0.2, 0.25) is 0 Å². The van der Waals surface area contributed by atoms with Crippen LogP contribution < -0.4 is 0 Å². The van der Waals surface area contributed by atoms with Crippen LogP contribution in [0.15, 0.2) is 41.5 Å². The molecule has 0 bridgehead atoms. The molecule has 0 unspecified atom stereocenters. The van der Waals surface area contributed by atoms with Gasteiger partial charge in [-0.2, -0.15) is 0 Å². The largest absolute Gasteiger partial charge is 0.298 e. The van der Waals surface area contributed by atoms with E-state index in [9.17, 15) is 4.79 Å². The van der Waals surface area contributed by atoms with Crippen LogP contribution in [0, 0.1) is 0 Å². The minimum absolute atomic E-state index is 0.394. The Bertz CT molecular complexity index is 571. The molecule has 2 aromatic rings. The van der Waals surface area contributed by atoms with Crippen LogP contribution in [0.3, 0.4) is 0 Å². The third kappa shape index (κ3) is 1.54. The Balaban J connectivity index is 2.90. The molecule has 0 fully saturated rings. The number of fused-ring (bicyclic) bond motifs is 1. The zero-order chi connectivity index (χ0) is 10.7. The SMILES string of the molecule is [N-]=[N+]=Nc1c(C=O)ccc2ccccc12. The van der Waals surface area contributed by atoms with E-state index in [1.165, 1.54) is 0 Å². The fraction of sp³-hybridized carbons (Fsp3) is 0. The molecule has 4 nitrogen and oxygen atoms in total. The Kier molecular flexibility index (Phi) is 2.35. The number of rotatable bonds is 2. The zero-order valence-electron chi connectivity index (χ0n) is 7.79. The average molecular weight is 197 g/mol. The van der Waals surface area contributed by atoms with Gasteiger partial charge in [0.25, 0.3) is 0 Å². The fourth-order valence-electron chi connectivity index (χ4n) is 1.52. The van der Waals surface area contributed by atoms with Crippen LogP contribution in [0.25, 0.3) is 21.2 Å². The van der Waals surface area contributed by atoms with Crippen LogP contribution in [-0.2, 0) is 0 Å². The van der Waals surface area contributed by atoms with Crippen LogP contribution >= 0.6 is 0 Å². The smallest absolute Gasteiger partial charge is 0.150 e. The van der Waals surface area contributed by atoms with E-state index in [4.69, 9.17) is 5.53 Å². The Morgan fingerprint density at radius 1 is 1.20 bits per heavy atom. The first-order valence-corrected chi connectivity index (χ1v) is 4.39. The molecule has 0 saturated carbocycles. The highest BCUT2D eigenvalue weighted by molar-refractivity contribution is 6.00. The molecule has 0 aliphatic rings. The quantitative estimate of drug-likeness (QED) is 0.314. The van der Waals surface area contributed by atoms with Gasteiger partial charge in [-0.25, -0.2) is 0 Å². The van der Waals surface area contributed by atoms with E-state index in [-0.39, 0.29) is 0 Å². The van der Waals surface area contributed by atoms with Gasteiger partial charge in [-0.3, -0.25) is 4.79 Å². The molecule has 0 N–H and O–H groups in total. The van der Waals surface area contributed by atoms with Crippen molar-refractivity contribution in [3.05, 3.63) is 52.4 Å². The van der Waals surface area contributed by atoms with Gasteiger partial charge in [0.1, 0.15) is 0 Å². The van der Waals surface area contributed by atoms with E-state index < -0.39 is 0 Å². The van der Waals surface area contributed by atoms with Crippen molar-refractivity contribution in [3.63, 3.8) is 0 Å². The summed E-state index contributed by atoms with van der Waals surface area (Å²) >= 11 is 0. The van der Waals surface area contributed by atoms with E-state index in [1.54, 1.807) is 6.07 Å². The van der Waals surface area contributed by atoms with Crippen LogP contribution in [0.5, 0.6) is 0 Å². The molecule has 0 aromatic heterocycles. The van der Waals surface area contributed by atoms with Gasteiger partial charge < -0.3 is 0 Å². The predicted molar refractivity (Wildman–Crippen MR) is 58.1 cm³/mol. The maximum Gasteiger partial charge on any atom is 0.150 e. The minimum atomic E-state index is 0.394. The number of aldehydes is 1. The Hall–Kier alpha value is -2.32. The second kappa shape index (κ2) is 3.82. The summed E-state index contributed by atoms with van der Waals surface area (Å²) in [6.45, 7) is 0. The number of azide groups is 1. The summed E-state index contributed by atoms with van der Waals surface area (Å²) in [5.41, 5.74) is 9.24. The lowest BCUT2D eigenvalue weighted by molar-refractivity contribution is 0.112. The van der Waals surface area contributed by atoms with Crippen molar-refractivity contribution < 1.29 is 4.79 Å². The lowest BCUT2D eigenvalue weighted by Crippen LogP contribution is -1.82. The standard InChI is InChI=1S/C11H7N3O/c12-14-13-11-9(7-15)6-5-8-3-1-2-4-10(8)11/h1-7H. The minimum Gasteiger partial charge on any atom is -0.298 e. The molecular formula is C11H7N3O. The summed E-state index contributed by atoms with van der Waals surface area (Å²) in [4.78, 5) is 13.5. The molecule has 72 valence electrons. The van der Waals surface area contributed by atoms with Crippen molar-refractivity contribution in [2.45, 2.75) is 0 Å². The molecule has 0 aliphatic heterocycles. The number of carbonyl (C=O) groups is 1. The molecule has 4 heteroatoms. The maximum atomic E-state index is 10.8. The Labute approximate surface area is 85.8 Å². The molecule has 0 spiro atoms. The monoisotopic (exact) mass is 197 g/mol. The van der Waals surface area contributed by atoms with Crippen molar-refractivity contribution in [2.75, 3.05) is 0 Å².